The van der Waals surface area contributed by atoms with E-state index in [2.05, 4.69) is 37.5 Å². The number of fused-ring (bicyclic) bond motifs is 1. The maximum absolute atomic E-state index is 6.01. The zero-order valence-corrected chi connectivity index (χ0v) is 17.8. The molecule has 0 bridgehead atoms. The molecule has 5 rings (SSSR count). The molecule has 1 saturated heterocycles. The number of aromatic nitrogens is 6. The molecule has 1 fully saturated rings. The molecule has 156 valence electrons. The van der Waals surface area contributed by atoms with Crippen LogP contribution in [0.1, 0.15) is 36.4 Å². The normalized spacial score (nSPS) is 15.1. The Labute approximate surface area is 177 Å². The number of rotatable bonds is 6. The minimum absolute atomic E-state index is 0.313. The number of thiazole rings is 1. The van der Waals surface area contributed by atoms with Gasteiger partial charge in [-0.15, -0.1) is 21.5 Å². The lowest BCUT2D eigenvalue weighted by molar-refractivity contribution is 0.0905. The molecule has 0 spiro atoms. The number of ether oxygens (including phenoxy) is 1. The fourth-order valence-electron chi connectivity index (χ4n) is 3.70. The first-order chi connectivity index (χ1) is 14.7. The summed E-state index contributed by atoms with van der Waals surface area (Å²) in [6.45, 7) is 6.31. The fourth-order valence-corrected chi connectivity index (χ4v) is 4.31. The third-order valence-corrected chi connectivity index (χ3v) is 6.05. The third-order valence-electron chi connectivity index (χ3n) is 5.23. The number of hydrogen-bond acceptors (Lipinski definition) is 9. The number of anilines is 1. The second-order valence-electron chi connectivity index (χ2n) is 7.31. The molecule has 1 aliphatic heterocycles. The molecule has 0 saturated carbocycles. The second kappa shape index (κ2) is 8.11. The van der Waals surface area contributed by atoms with Gasteiger partial charge in [0.05, 0.1) is 40.0 Å². The quantitative estimate of drug-likeness (QED) is 0.501. The molecular weight excluding hydrogens is 402 g/mol. The molecule has 4 aromatic heterocycles. The Morgan fingerprint density at radius 1 is 1.23 bits per heavy atom. The van der Waals surface area contributed by atoms with Gasteiger partial charge in [-0.25, -0.2) is 14.6 Å². The van der Waals surface area contributed by atoms with E-state index in [1.807, 2.05) is 23.2 Å². The first-order valence-corrected chi connectivity index (χ1v) is 11.0. The van der Waals surface area contributed by atoms with Crippen molar-refractivity contribution >= 4 is 28.1 Å². The maximum Gasteiger partial charge on any atom is 0.251 e. The number of aryl methyl sites for hydroxylation is 2. The molecule has 1 aliphatic rings. The average Bonchev–Trinajstić information content (AvgIpc) is 3.49. The highest BCUT2D eigenvalue weighted by molar-refractivity contribution is 7.09. The van der Waals surface area contributed by atoms with Crippen molar-refractivity contribution in [2.24, 2.45) is 0 Å². The van der Waals surface area contributed by atoms with E-state index in [0.29, 0.717) is 24.2 Å². The van der Waals surface area contributed by atoms with Crippen molar-refractivity contribution in [1.29, 1.82) is 0 Å². The highest BCUT2D eigenvalue weighted by Gasteiger charge is 2.22. The highest BCUT2D eigenvalue weighted by atomic mass is 32.1. The third kappa shape index (κ3) is 3.68. The summed E-state index contributed by atoms with van der Waals surface area (Å²) in [6.07, 6.45) is 6.06. The SMILES string of the molecule is CCn1ncc2c(NC3CCOCC3)c(-c3nnc(Cc4csc(C)n4)o3)cnc21. The molecule has 30 heavy (non-hydrogen) atoms. The minimum atomic E-state index is 0.313. The summed E-state index contributed by atoms with van der Waals surface area (Å²) in [5, 5.41) is 20.7. The van der Waals surface area contributed by atoms with E-state index in [1.165, 1.54) is 0 Å². The van der Waals surface area contributed by atoms with Gasteiger partial charge in [0, 0.05) is 37.4 Å². The van der Waals surface area contributed by atoms with E-state index < -0.39 is 0 Å². The predicted octanol–water partition coefficient (Wildman–Crippen LogP) is 3.45. The Bertz CT molecular complexity index is 1160. The standard InChI is InChI=1S/C20H23N7O2S/c1-3-27-19-15(10-22-27)18(24-13-4-6-28-7-5-13)16(9-21-19)20-26-25-17(29-20)8-14-11-30-12(2)23-14/h9-11,13H,3-8H2,1-2H3,(H,21,24). The minimum Gasteiger partial charge on any atom is -0.420 e. The van der Waals surface area contributed by atoms with Crippen molar-refractivity contribution in [3.05, 3.63) is 34.4 Å². The molecule has 0 unspecified atom stereocenters. The Hall–Kier alpha value is -2.85. The van der Waals surface area contributed by atoms with Crippen molar-refractivity contribution < 1.29 is 9.15 Å². The molecule has 0 aromatic carbocycles. The van der Waals surface area contributed by atoms with Gasteiger partial charge in [-0.1, -0.05) is 0 Å². The van der Waals surface area contributed by atoms with Crippen LogP contribution in [0.3, 0.4) is 0 Å². The highest BCUT2D eigenvalue weighted by Crippen LogP contribution is 2.34. The van der Waals surface area contributed by atoms with Crippen molar-refractivity contribution in [2.45, 2.75) is 45.7 Å². The fraction of sp³-hybridized carbons (Fsp3) is 0.450. The Kier molecular flexibility index (Phi) is 5.17. The van der Waals surface area contributed by atoms with Crippen LogP contribution in [-0.2, 0) is 17.7 Å². The molecule has 0 radical (unpaired) electrons. The summed E-state index contributed by atoms with van der Waals surface area (Å²) in [6, 6.07) is 0.313. The molecule has 0 aliphatic carbocycles. The lowest BCUT2D eigenvalue weighted by Crippen LogP contribution is -2.28. The van der Waals surface area contributed by atoms with Crippen molar-refractivity contribution in [3.8, 4) is 11.5 Å². The molecule has 0 atom stereocenters. The van der Waals surface area contributed by atoms with Crippen molar-refractivity contribution in [2.75, 3.05) is 18.5 Å². The maximum atomic E-state index is 6.01. The van der Waals surface area contributed by atoms with Crippen molar-refractivity contribution in [3.63, 3.8) is 0 Å². The van der Waals surface area contributed by atoms with Crippen molar-refractivity contribution in [1.82, 2.24) is 29.9 Å². The van der Waals surface area contributed by atoms with Gasteiger partial charge in [0.2, 0.25) is 5.89 Å². The number of pyridine rings is 1. The molecule has 4 aromatic rings. The average molecular weight is 426 g/mol. The van der Waals surface area contributed by atoms with Gasteiger partial charge in [-0.3, -0.25) is 0 Å². The van der Waals surface area contributed by atoms with E-state index in [1.54, 1.807) is 17.5 Å². The van der Waals surface area contributed by atoms with Gasteiger partial charge in [-0.05, 0) is 26.7 Å². The summed E-state index contributed by atoms with van der Waals surface area (Å²) in [5.74, 6) is 0.988. The van der Waals surface area contributed by atoms with Crippen LogP contribution in [0.2, 0.25) is 0 Å². The van der Waals surface area contributed by atoms with Crippen LogP contribution in [0.25, 0.3) is 22.5 Å². The van der Waals surface area contributed by atoms with Crippen LogP contribution < -0.4 is 5.32 Å². The van der Waals surface area contributed by atoms with Gasteiger partial charge in [0.15, 0.2) is 5.65 Å². The number of hydrogen-bond donors (Lipinski definition) is 1. The zero-order chi connectivity index (χ0) is 20.5. The van der Waals surface area contributed by atoms with Gasteiger partial charge < -0.3 is 14.5 Å². The smallest absolute Gasteiger partial charge is 0.251 e. The molecule has 10 heteroatoms. The van der Waals surface area contributed by atoms with Gasteiger partial charge in [0.25, 0.3) is 5.89 Å². The molecular formula is C20H23N7O2S. The lowest BCUT2D eigenvalue weighted by Gasteiger charge is -2.25. The Morgan fingerprint density at radius 3 is 2.87 bits per heavy atom. The van der Waals surface area contributed by atoms with E-state index in [4.69, 9.17) is 9.15 Å². The van der Waals surface area contributed by atoms with E-state index >= 15 is 0 Å². The lowest BCUT2D eigenvalue weighted by atomic mass is 10.1. The monoisotopic (exact) mass is 425 g/mol. The van der Waals surface area contributed by atoms with Gasteiger partial charge in [0.1, 0.15) is 0 Å². The number of nitrogens with one attached hydrogen (secondary N) is 1. The first kappa shape index (κ1) is 19.1. The summed E-state index contributed by atoms with van der Waals surface area (Å²) >= 11 is 1.61. The van der Waals surface area contributed by atoms with Crippen LogP contribution in [0.5, 0.6) is 0 Å². The van der Waals surface area contributed by atoms with Crippen LogP contribution >= 0.6 is 11.3 Å². The van der Waals surface area contributed by atoms with E-state index in [9.17, 15) is 0 Å². The molecule has 0 amide bonds. The molecule has 9 nitrogen and oxygen atoms in total. The first-order valence-electron chi connectivity index (χ1n) is 10.1. The summed E-state index contributed by atoms with van der Waals surface area (Å²) in [5.41, 5.74) is 3.50. The Morgan fingerprint density at radius 2 is 2.10 bits per heavy atom. The van der Waals surface area contributed by atoms with E-state index in [0.717, 1.165) is 65.6 Å². The number of nitrogens with zero attached hydrogens (tertiary/aromatic N) is 6. The summed E-state index contributed by atoms with van der Waals surface area (Å²) < 4.78 is 13.4. The summed E-state index contributed by atoms with van der Waals surface area (Å²) in [4.78, 5) is 9.12. The topological polar surface area (TPSA) is 104 Å². The Balaban J connectivity index is 1.52. The molecule has 5 heterocycles. The largest absolute Gasteiger partial charge is 0.420 e. The van der Waals surface area contributed by atoms with Crippen LogP contribution in [0.4, 0.5) is 5.69 Å². The van der Waals surface area contributed by atoms with Gasteiger partial charge >= 0.3 is 0 Å². The summed E-state index contributed by atoms with van der Waals surface area (Å²) in [7, 11) is 0. The van der Waals surface area contributed by atoms with E-state index in [-0.39, 0.29) is 0 Å². The van der Waals surface area contributed by atoms with Crippen LogP contribution in [0.15, 0.2) is 22.2 Å². The zero-order valence-electron chi connectivity index (χ0n) is 17.0. The van der Waals surface area contributed by atoms with Crippen LogP contribution in [0, 0.1) is 6.92 Å². The van der Waals surface area contributed by atoms with Crippen LogP contribution in [-0.4, -0.2) is 49.2 Å². The second-order valence-corrected chi connectivity index (χ2v) is 8.37. The van der Waals surface area contributed by atoms with Gasteiger partial charge in [-0.2, -0.15) is 5.10 Å². The molecule has 1 N–H and O–H groups in total. The predicted molar refractivity (Wildman–Crippen MR) is 114 cm³/mol.